The first-order chi connectivity index (χ1) is 17.4. The van der Waals surface area contributed by atoms with Gasteiger partial charge in [0.15, 0.2) is 5.78 Å². The zero-order valence-corrected chi connectivity index (χ0v) is 18.9. The third-order valence-corrected chi connectivity index (χ3v) is 5.92. The van der Waals surface area contributed by atoms with Gasteiger partial charge in [-0.05, 0) is 73.5 Å². The van der Waals surface area contributed by atoms with Crippen LogP contribution in [0.25, 0.3) is 34.8 Å². The molecule has 1 fully saturated rings. The molecule has 5 rings (SSSR count). The first kappa shape index (κ1) is 22.9. The number of furan rings is 2. The highest BCUT2D eigenvalue weighted by Gasteiger charge is 2.24. The van der Waals surface area contributed by atoms with E-state index in [1.54, 1.807) is 60.7 Å². The van der Waals surface area contributed by atoms with Crippen molar-refractivity contribution in [2.24, 2.45) is 0 Å². The lowest BCUT2D eigenvalue weighted by atomic mass is 10.1. The van der Waals surface area contributed by atoms with E-state index >= 15 is 0 Å². The smallest absolute Gasteiger partial charge is 0.335 e. The minimum absolute atomic E-state index is 0.0911. The summed E-state index contributed by atoms with van der Waals surface area (Å²) in [6.07, 6.45) is 4.53. The maximum Gasteiger partial charge on any atom is 0.335 e. The molecular formula is C29H20O7. The average molecular weight is 480 g/mol. The molecule has 0 saturated heterocycles. The van der Waals surface area contributed by atoms with E-state index < -0.39 is 11.9 Å². The molecule has 2 aromatic heterocycles. The Morgan fingerprint density at radius 1 is 0.667 bits per heavy atom. The van der Waals surface area contributed by atoms with Gasteiger partial charge >= 0.3 is 11.9 Å². The van der Waals surface area contributed by atoms with Gasteiger partial charge < -0.3 is 19.0 Å². The normalized spacial score (nSPS) is 15.6. The molecule has 7 nitrogen and oxygen atoms in total. The maximum absolute atomic E-state index is 13.0. The fourth-order valence-corrected chi connectivity index (χ4v) is 4.10. The first-order valence-corrected chi connectivity index (χ1v) is 11.2. The summed E-state index contributed by atoms with van der Waals surface area (Å²) in [5.74, 6) is -0.0739. The molecule has 2 N–H and O–H groups in total. The standard InChI is InChI=1S/C29H20O7/c30-27-19(15-23-9-11-25(35-23)17-3-1-5-21(13-17)28(31)32)7-8-20(27)16-24-10-12-26(36-24)18-4-2-6-22(14-18)29(33)34/h1-6,9-16H,7-8H2,(H,31,32)(H,33,34)/b19-15+,20-16+. The van der Waals surface area contributed by atoms with Gasteiger partial charge in [-0.1, -0.05) is 24.3 Å². The van der Waals surface area contributed by atoms with E-state index in [4.69, 9.17) is 8.83 Å². The lowest BCUT2D eigenvalue weighted by molar-refractivity contribution is -0.111. The predicted octanol–water partition coefficient (Wildman–Crippen LogP) is 6.43. The van der Waals surface area contributed by atoms with E-state index in [1.165, 1.54) is 24.3 Å². The molecule has 0 unspecified atom stereocenters. The van der Waals surface area contributed by atoms with Crippen molar-refractivity contribution in [1.82, 2.24) is 0 Å². The van der Waals surface area contributed by atoms with Gasteiger partial charge in [-0.15, -0.1) is 0 Å². The summed E-state index contributed by atoms with van der Waals surface area (Å²) >= 11 is 0. The van der Waals surface area contributed by atoms with Gasteiger partial charge in [0, 0.05) is 22.3 Å². The first-order valence-electron chi connectivity index (χ1n) is 11.2. The van der Waals surface area contributed by atoms with E-state index in [-0.39, 0.29) is 16.9 Å². The second-order valence-corrected chi connectivity index (χ2v) is 8.34. The zero-order chi connectivity index (χ0) is 25.2. The third kappa shape index (κ3) is 4.67. The maximum atomic E-state index is 13.0. The summed E-state index contributed by atoms with van der Waals surface area (Å²) in [6, 6.07) is 19.9. The summed E-state index contributed by atoms with van der Waals surface area (Å²) in [5, 5.41) is 18.4. The molecule has 0 aliphatic heterocycles. The van der Waals surface area contributed by atoms with Crippen molar-refractivity contribution in [3.8, 4) is 22.6 Å². The van der Waals surface area contributed by atoms with Crippen LogP contribution in [0.3, 0.4) is 0 Å². The van der Waals surface area contributed by atoms with E-state index in [0.717, 1.165) is 0 Å². The Balaban J connectivity index is 1.33. The number of aromatic carboxylic acids is 2. The fraction of sp³-hybridized carbons (Fsp3) is 0.0690. The van der Waals surface area contributed by atoms with Crippen LogP contribution >= 0.6 is 0 Å². The molecule has 4 aromatic rings. The van der Waals surface area contributed by atoms with Crippen LogP contribution < -0.4 is 0 Å². The lowest BCUT2D eigenvalue weighted by Crippen LogP contribution is -1.95. The van der Waals surface area contributed by atoms with Gasteiger partial charge in [0.05, 0.1) is 11.1 Å². The molecular weight excluding hydrogens is 460 g/mol. The Morgan fingerprint density at radius 3 is 1.53 bits per heavy atom. The quantitative estimate of drug-likeness (QED) is 0.305. The number of hydrogen-bond donors (Lipinski definition) is 2. The zero-order valence-electron chi connectivity index (χ0n) is 18.9. The minimum Gasteiger partial charge on any atom is -0.478 e. The second-order valence-electron chi connectivity index (χ2n) is 8.34. The van der Waals surface area contributed by atoms with Crippen molar-refractivity contribution in [3.63, 3.8) is 0 Å². The van der Waals surface area contributed by atoms with Gasteiger partial charge in [0.1, 0.15) is 23.0 Å². The SMILES string of the molecule is O=C1/C(=C/c2ccc(-c3cccc(C(=O)O)c3)o2)CC/C1=C\c1ccc(-c2cccc(C(=O)O)c2)o1. The monoisotopic (exact) mass is 480 g/mol. The molecule has 0 bridgehead atoms. The van der Waals surface area contributed by atoms with Crippen molar-refractivity contribution in [2.75, 3.05) is 0 Å². The largest absolute Gasteiger partial charge is 0.478 e. The minimum atomic E-state index is -1.01. The summed E-state index contributed by atoms with van der Waals surface area (Å²) in [4.78, 5) is 35.4. The van der Waals surface area contributed by atoms with Crippen molar-refractivity contribution in [3.05, 3.63) is 107 Å². The summed E-state index contributed by atoms with van der Waals surface area (Å²) in [6.45, 7) is 0. The molecule has 2 heterocycles. The molecule has 1 aliphatic rings. The van der Waals surface area contributed by atoms with E-state index in [1.807, 2.05) is 0 Å². The Morgan fingerprint density at radius 2 is 1.11 bits per heavy atom. The van der Waals surface area contributed by atoms with Crippen LogP contribution in [0.5, 0.6) is 0 Å². The number of carbonyl (C=O) groups is 3. The number of carbonyl (C=O) groups excluding carboxylic acids is 1. The number of carboxylic acid groups (broad SMARTS) is 2. The van der Waals surface area contributed by atoms with E-state index in [2.05, 4.69) is 0 Å². The van der Waals surface area contributed by atoms with Crippen LogP contribution in [0.4, 0.5) is 0 Å². The Hall–Kier alpha value is -4.91. The second kappa shape index (κ2) is 9.38. The van der Waals surface area contributed by atoms with Crippen molar-refractivity contribution in [1.29, 1.82) is 0 Å². The molecule has 0 atom stereocenters. The Bertz CT molecular complexity index is 1450. The molecule has 0 spiro atoms. The summed E-state index contributed by atoms with van der Waals surface area (Å²) in [5.41, 5.74) is 2.84. The van der Waals surface area contributed by atoms with Gasteiger partial charge in [0.2, 0.25) is 0 Å². The molecule has 0 radical (unpaired) electrons. The molecule has 1 aliphatic carbocycles. The van der Waals surface area contributed by atoms with Crippen LogP contribution in [0, 0.1) is 0 Å². The topological polar surface area (TPSA) is 118 Å². The summed E-state index contributed by atoms with van der Waals surface area (Å²) < 4.78 is 11.7. The number of rotatable bonds is 6. The van der Waals surface area contributed by atoms with Gasteiger partial charge in [-0.3, -0.25) is 4.79 Å². The van der Waals surface area contributed by atoms with Crippen LogP contribution in [-0.2, 0) is 4.79 Å². The number of carboxylic acids is 2. The van der Waals surface area contributed by atoms with Gasteiger partial charge in [-0.2, -0.15) is 0 Å². The van der Waals surface area contributed by atoms with Crippen LogP contribution in [0.1, 0.15) is 45.1 Å². The van der Waals surface area contributed by atoms with Gasteiger partial charge in [-0.25, -0.2) is 9.59 Å². The van der Waals surface area contributed by atoms with Crippen molar-refractivity contribution < 1.29 is 33.4 Å². The molecule has 2 aromatic carbocycles. The fourth-order valence-electron chi connectivity index (χ4n) is 4.10. The lowest BCUT2D eigenvalue weighted by Gasteiger charge is -1.99. The summed E-state index contributed by atoms with van der Waals surface area (Å²) in [7, 11) is 0. The highest BCUT2D eigenvalue weighted by atomic mass is 16.4. The third-order valence-electron chi connectivity index (χ3n) is 5.92. The van der Waals surface area contributed by atoms with Crippen molar-refractivity contribution in [2.45, 2.75) is 12.8 Å². The number of ketones is 1. The average Bonchev–Trinajstić information content (AvgIpc) is 3.62. The highest BCUT2D eigenvalue weighted by molar-refractivity contribution is 6.15. The van der Waals surface area contributed by atoms with Crippen LogP contribution in [0.2, 0.25) is 0 Å². The number of benzene rings is 2. The van der Waals surface area contributed by atoms with E-state index in [0.29, 0.717) is 58.2 Å². The molecule has 178 valence electrons. The molecule has 7 heteroatoms. The van der Waals surface area contributed by atoms with Gasteiger partial charge in [0.25, 0.3) is 0 Å². The number of hydrogen-bond acceptors (Lipinski definition) is 5. The van der Waals surface area contributed by atoms with Crippen molar-refractivity contribution >= 4 is 29.9 Å². The Kier molecular flexibility index (Phi) is 5.96. The highest BCUT2D eigenvalue weighted by Crippen LogP contribution is 2.32. The number of allylic oxidation sites excluding steroid dienone is 2. The van der Waals surface area contributed by atoms with Crippen LogP contribution in [0.15, 0.2) is 92.8 Å². The van der Waals surface area contributed by atoms with Crippen LogP contribution in [-0.4, -0.2) is 27.9 Å². The Labute approximate surface area is 205 Å². The number of Topliss-reactive ketones (excluding diaryl/α,β-unsaturated/α-hetero) is 1. The van der Waals surface area contributed by atoms with E-state index in [9.17, 15) is 24.6 Å². The molecule has 1 saturated carbocycles. The molecule has 0 amide bonds. The molecule has 36 heavy (non-hydrogen) atoms. The predicted molar refractivity (Wildman–Crippen MR) is 132 cm³/mol.